The van der Waals surface area contributed by atoms with E-state index in [1.807, 2.05) is 30.3 Å². The maximum atomic E-state index is 10.9. The monoisotopic (exact) mass is 277 g/mol. The molecule has 0 bridgehead atoms. The predicted octanol–water partition coefficient (Wildman–Crippen LogP) is 3.20. The van der Waals surface area contributed by atoms with Crippen molar-refractivity contribution in [1.29, 1.82) is 0 Å². The summed E-state index contributed by atoms with van der Waals surface area (Å²) >= 11 is 5.97. The fourth-order valence-electron chi connectivity index (χ4n) is 1.60. The molecule has 0 unspecified atom stereocenters. The molecule has 0 spiro atoms. The molecule has 0 aliphatic rings. The SMILES string of the molecule is Nc1cc(OCc2ccccc2)c(Cl)cc1C(=O)O. The van der Waals surface area contributed by atoms with Crippen molar-refractivity contribution in [1.82, 2.24) is 0 Å². The van der Waals surface area contributed by atoms with E-state index in [2.05, 4.69) is 0 Å². The molecule has 0 aliphatic heterocycles. The first kappa shape index (κ1) is 13.2. The van der Waals surface area contributed by atoms with Gasteiger partial charge in [-0.15, -0.1) is 0 Å². The van der Waals surface area contributed by atoms with Crippen LogP contribution in [0.5, 0.6) is 5.75 Å². The summed E-state index contributed by atoms with van der Waals surface area (Å²) in [6.07, 6.45) is 0. The number of hydrogen-bond donors (Lipinski definition) is 2. The fourth-order valence-corrected chi connectivity index (χ4v) is 1.82. The zero-order chi connectivity index (χ0) is 13.8. The lowest BCUT2D eigenvalue weighted by atomic mass is 10.1. The van der Waals surface area contributed by atoms with Crippen LogP contribution in [-0.4, -0.2) is 11.1 Å². The van der Waals surface area contributed by atoms with Crippen molar-refractivity contribution >= 4 is 23.3 Å². The Kier molecular flexibility index (Phi) is 3.92. The second kappa shape index (κ2) is 5.63. The van der Waals surface area contributed by atoms with Crippen molar-refractivity contribution in [3.8, 4) is 5.75 Å². The summed E-state index contributed by atoms with van der Waals surface area (Å²) in [6, 6.07) is 12.3. The Morgan fingerprint density at radius 3 is 2.58 bits per heavy atom. The number of rotatable bonds is 4. The summed E-state index contributed by atoms with van der Waals surface area (Å²) in [5.74, 6) is -0.748. The molecule has 98 valence electrons. The molecule has 2 aromatic rings. The van der Waals surface area contributed by atoms with Crippen LogP contribution in [0.2, 0.25) is 5.02 Å². The van der Waals surface area contributed by atoms with Gasteiger partial charge in [0.1, 0.15) is 12.4 Å². The molecule has 0 aliphatic carbocycles. The van der Waals surface area contributed by atoms with Crippen LogP contribution in [0.4, 0.5) is 5.69 Å². The Morgan fingerprint density at radius 1 is 1.26 bits per heavy atom. The minimum absolute atomic E-state index is 0.0305. The molecule has 0 atom stereocenters. The van der Waals surface area contributed by atoms with Gasteiger partial charge in [-0.2, -0.15) is 0 Å². The van der Waals surface area contributed by atoms with E-state index in [-0.39, 0.29) is 16.3 Å². The molecule has 0 radical (unpaired) electrons. The number of nitrogen functional groups attached to an aromatic ring is 1. The number of ether oxygens (including phenoxy) is 1. The minimum atomic E-state index is -1.12. The van der Waals surface area contributed by atoms with E-state index in [4.69, 9.17) is 27.2 Å². The second-order valence-electron chi connectivity index (χ2n) is 3.95. The summed E-state index contributed by atoms with van der Waals surface area (Å²) in [6.45, 7) is 0.340. The normalized spacial score (nSPS) is 10.2. The standard InChI is InChI=1S/C14H12ClNO3/c15-11-6-10(14(17)18)12(16)7-13(11)19-8-9-4-2-1-3-5-9/h1-7H,8,16H2,(H,17,18). The molecular formula is C14H12ClNO3. The van der Waals surface area contributed by atoms with Gasteiger partial charge in [0.2, 0.25) is 0 Å². The number of carbonyl (C=O) groups is 1. The van der Waals surface area contributed by atoms with Gasteiger partial charge in [-0.3, -0.25) is 0 Å². The lowest BCUT2D eigenvalue weighted by Gasteiger charge is -2.10. The predicted molar refractivity (Wildman–Crippen MR) is 73.6 cm³/mol. The van der Waals surface area contributed by atoms with E-state index in [9.17, 15) is 4.79 Å². The van der Waals surface area contributed by atoms with Gasteiger partial charge in [0, 0.05) is 11.8 Å². The first-order valence-electron chi connectivity index (χ1n) is 5.57. The molecule has 19 heavy (non-hydrogen) atoms. The van der Waals surface area contributed by atoms with Crippen LogP contribution < -0.4 is 10.5 Å². The molecular weight excluding hydrogens is 266 g/mol. The number of benzene rings is 2. The molecule has 0 amide bonds. The van der Waals surface area contributed by atoms with Gasteiger partial charge >= 0.3 is 5.97 Å². The lowest BCUT2D eigenvalue weighted by Crippen LogP contribution is -2.04. The van der Waals surface area contributed by atoms with Gasteiger partial charge in [-0.1, -0.05) is 41.9 Å². The van der Waals surface area contributed by atoms with E-state index in [0.29, 0.717) is 12.4 Å². The third-order valence-corrected chi connectivity index (χ3v) is 2.87. The van der Waals surface area contributed by atoms with Crippen molar-refractivity contribution in [2.45, 2.75) is 6.61 Å². The number of carboxylic acids is 1. The second-order valence-corrected chi connectivity index (χ2v) is 4.36. The van der Waals surface area contributed by atoms with Crippen LogP contribution in [0.1, 0.15) is 15.9 Å². The first-order valence-corrected chi connectivity index (χ1v) is 5.95. The summed E-state index contributed by atoms with van der Waals surface area (Å²) in [5, 5.41) is 9.13. The molecule has 2 rings (SSSR count). The van der Waals surface area contributed by atoms with Gasteiger partial charge in [0.25, 0.3) is 0 Å². The molecule has 0 heterocycles. The third-order valence-electron chi connectivity index (χ3n) is 2.57. The maximum absolute atomic E-state index is 10.9. The van der Waals surface area contributed by atoms with Crippen molar-refractivity contribution in [3.05, 3.63) is 58.6 Å². The Balaban J connectivity index is 2.17. The number of aromatic carboxylic acids is 1. The Hall–Kier alpha value is -2.20. The molecule has 0 saturated carbocycles. The van der Waals surface area contributed by atoms with Gasteiger partial charge in [-0.25, -0.2) is 4.79 Å². The van der Waals surface area contributed by atoms with Crippen molar-refractivity contribution < 1.29 is 14.6 Å². The highest BCUT2D eigenvalue weighted by Crippen LogP contribution is 2.30. The fraction of sp³-hybridized carbons (Fsp3) is 0.0714. The summed E-state index contributed by atoms with van der Waals surface area (Å²) < 4.78 is 5.53. The van der Waals surface area contributed by atoms with E-state index in [1.165, 1.54) is 12.1 Å². The number of nitrogens with two attached hydrogens (primary N) is 1. The molecule has 0 fully saturated rings. The summed E-state index contributed by atoms with van der Waals surface area (Å²) in [5.41, 5.74) is 6.72. The Labute approximate surface area is 115 Å². The quantitative estimate of drug-likeness (QED) is 0.842. The number of halogens is 1. The molecule has 0 aromatic heterocycles. The third kappa shape index (κ3) is 3.17. The van der Waals surface area contributed by atoms with Gasteiger partial charge in [-0.05, 0) is 11.6 Å². The van der Waals surface area contributed by atoms with Crippen LogP contribution >= 0.6 is 11.6 Å². The van der Waals surface area contributed by atoms with Crippen LogP contribution in [-0.2, 0) is 6.61 Å². The summed E-state index contributed by atoms with van der Waals surface area (Å²) in [4.78, 5) is 10.9. The van der Waals surface area contributed by atoms with Crippen LogP contribution in [0.25, 0.3) is 0 Å². The number of hydrogen-bond acceptors (Lipinski definition) is 3. The summed E-state index contributed by atoms with van der Waals surface area (Å²) in [7, 11) is 0. The minimum Gasteiger partial charge on any atom is -0.487 e. The zero-order valence-electron chi connectivity index (χ0n) is 9.97. The average Bonchev–Trinajstić information content (AvgIpc) is 2.40. The highest BCUT2D eigenvalue weighted by atomic mass is 35.5. The molecule has 4 nitrogen and oxygen atoms in total. The topological polar surface area (TPSA) is 72.5 Å². The van der Waals surface area contributed by atoms with E-state index in [1.54, 1.807) is 0 Å². The first-order chi connectivity index (χ1) is 9.08. The Bertz CT molecular complexity index is 599. The van der Waals surface area contributed by atoms with Crippen LogP contribution in [0.3, 0.4) is 0 Å². The van der Waals surface area contributed by atoms with Gasteiger partial charge < -0.3 is 15.6 Å². The van der Waals surface area contributed by atoms with Gasteiger partial charge in [0.15, 0.2) is 0 Å². The maximum Gasteiger partial charge on any atom is 0.337 e. The van der Waals surface area contributed by atoms with E-state index in [0.717, 1.165) is 5.56 Å². The zero-order valence-corrected chi connectivity index (χ0v) is 10.7. The Morgan fingerprint density at radius 2 is 1.95 bits per heavy atom. The smallest absolute Gasteiger partial charge is 0.337 e. The van der Waals surface area contributed by atoms with Crippen LogP contribution in [0.15, 0.2) is 42.5 Å². The van der Waals surface area contributed by atoms with Crippen molar-refractivity contribution in [3.63, 3.8) is 0 Å². The largest absolute Gasteiger partial charge is 0.487 e. The molecule has 5 heteroatoms. The average molecular weight is 278 g/mol. The highest BCUT2D eigenvalue weighted by molar-refractivity contribution is 6.32. The highest BCUT2D eigenvalue weighted by Gasteiger charge is 2.13. The molecule has 3 N–H and O–H groups in total. The van der Waals surface area contributed by atoms with Crippen molar-refractivity contribution in [2.24, 2.45) is 0 Å². The number of anilines is 1. The molecule has 2 aromatic carbocycles. The van der Waals surface area contributed by atoms with E-state index < -0.39 is 5.97 Å². The molecule has 0 saturated heterocycles. The number of carboxylic acid groups (broad SMARTS) is 1. The van der Waals surface area contributed by atoms with Crippen molar-refractivity contribution in [2.75, 3.05) is 5.73 Å². The lowest BCUT2D eigenvalue weighted by molar-refractivity contribution is 0.0698. The van der Waals surface area contributed by atoms with Gasteiger partial charge in [0.05, 0.1) is 10.6 Å². The van der Waals surface area contributed by atoms with Crippen LogP contribution in [0, 0.1) is 0 Å². The van der Waals surface area contributed by atoms with E-state index >= 15 is 0 Å².